The number of hydrogen-bond donors (Lipinski definition) is 2. The van der Waals surface area contributed by atoms with Crippen LogP contribution in [-0.4, -0.2) is 192 Å². The first-order valence-corrected chi connectivity index (χ1v) is 40.5. The smallest absolute Gasteiger partial charge is 0.407 e. The summed E-state index contributed by atoms with van der Waals surface area (Å²) >= 11 is 0. The van der Waals surface area contributed by atoms with Crippen molar-refractivity contribution < 1.29 is 90.2 Å². The number of carbonyl (C=O) groups is 3. The van der Waals surface area contributed by atoms with Crippen molar-refractivity contribution in [1.29, 1.82) is 0 Å². The number of rotatable bonds is 20. The maximum absolute atomic E-state index is 14.7. The summed E-state index contributed by atoms with van der Waals surface area (Å²) in [6, 6.07) is 7.70. The molecule has 1 aromatic carbocycles. The molecule has 552 valence electrons. The Kier molecular flexibility index (Phi) is 23.7. The molecular weight excluding hydrogens is 1280 g/mol. The van der Waals surface area contributed by atoms with E-state index in [1.54, 1.807) is 13.2 Å². The van der Waals surface area contributed by atoms with Crippen LogP contribution >= 0.6 is 0 Å². The first kappa shape index (κ1) is 74.8. The van der Waals surface area contributed by atoms with Gasteiger partial charge in [-0.1, -0.05) is 112 Å². The molecule has 12 saturated heterocycles. The molecule has 0 saturated carbocycles. The van der Waals surface area contributed by atoms with E-state index in [2.05, 4.69) is 93.5 Å². The Morgan fingerprint density at radius 3 is 2.20 bits per heavy atom. The fraction of sp³-hybridized carbons (Fsp3) is 0.782. The minimum Gasteiger partial charge on any atom is -0.497 e. The Hall–Kier alpha value is -3.91. The molecule has 99 heavy (non-hydrogen) atoms. The monoisotopic (exact) mass is 1400 g/mol. The number of fused-ring (bicyclic) bond motifs is 7. The normalized spacial score (nSPS) is 41.3. The van der Waals surface area contributed by atoms with Crippen LogP contribution in [0.3, 0.4) is 0 Å². The standard InChI is InChI=1S/C78H117NO19Si/c1-16-29-85-76(83)79-40-66-46(6)35-64(98-99(14,15)77(10,11)12)68(94-66)47(7)31-52(81)30-43(3)57(86-41-50-17-20-53(84-13)21-18-50)24-19-51(80)36-60-45(5)34-62-69(92-60)49(9)70-63(90-62)38-61-48(8)42(2)32-54(88-61)22-25-58-44(4)33-56(87-58)27-28-78-39-65-72(96-78)73-74(93-65)75(97-78)71-59(91-73)26-23-55(89-71)37-67(82)95-70/h16-21,24,42-43,45-47,49,51,54-66,68-75,80H,1,4,8,22-23,25-41H2,2-3,5-7,9-15H3,(H,79,83)/b24-19+/t42-,43+,45-,46-,47+,49+,51?,54+,55-,56+,57-,58+,59+,60-,61-,62+,63+,64+,65-,66-,68+,69+,70-,71+,72+,73+,74-,75+,78+/m1/s1. The second kappa shape index (κ2) is 31.4. The van der Waals surface area contributed by atoms with E-state index >= 15 is 0 Å². The zero-order valence-electron chi connectivity index (χ0n) is 61.1. The topological polar surface area (TPSA) is 222 Å². The molecule has 2 N–H and O–H groups in total. The van der Waals surface area contributed by atoms with E-state index in [-0.39, 0.29) is 177 Å². The average molecular weight is 1400 g/mol. The molecule has 0 aromatic heterocycles. The third kappa shape index (κ3) is 17.1. The predicted molar refractivity (Wildman–Crippen MR) is 372 cm³/mol. The number of esters is 1. The first-order valence-electron chi connectivity index (χ1n) is 37.6. The van der Waals surface area contributed by atoms with Gasteiger partial charge in [0.1, 0.15) is 54.8 Å². The minimum absolute atomic E-state index is 0.00133. The number of Topliss-reactive ketones (excluding diaryl/α,β-unsaturated/α-hetero) is 1. The second-order valence-corrected chi connectivity index (χ2v) is 37.9. The number of carbonyl (C=O) groups excluding carboxylic acids is 3. The molecule has 1 amide bonds. The summed E-state index contributed by atoms with van der Waals surface area (Å²) in [5, 5.41) is 14.9. The van der Waals surface area contributed by atoms with Crippen LogP contribution in [0.1, 0.15) is 171 Å². The largest absolute Gasteiger partial charge is 0.497 e. The van der Waals surface area contributed by atoms with E-state index in [1.807, 2.05) is 37.3 Å². The number of hydrogen-bond acceptors (Lipinski definition) is 19. The number of benzene rings is 1. The molecule has 0 radical (unpaired) electrons. The number of ketones is 1. The van der Waals surface area contributed by atoms with Crippen LogP contribution in [0.15, 0.2) is 73.4 Å². The van der Waals surface area contributed by atoms with Crippen molar-refractivity contribution in [3.8, 4) is 5.75 Å². The fourth-order valence-corrected chi connectivity index (χ4v) is 19.1. The zero-order chi connectivity index (χ0) is 70.4. The Morgan fingerprint density at radius 1 is 0.737 bits per heavy atom. The van der Waals surface area contributed by atoms with Gasteiger partial charge < -0.3 is 81.2 Å². The van der Waals surface area contributed by atoms with Crippen LogP contribution < -0.4 is 10.1 Å². The summed E-state index contributed by atoms with van der Waals surface area (Å²) in [6.45, 7) is 37.2. The minimum atomic E-state index is -2.27. The molecule has 20 nitrogen and oxygen atoms in total. The lowest BCUT2D eigenvalue weighted by molar-refractivity contribution is -0.293. The number of nitrogens with one attached hydrogen (secondary N) is 1. The molecule has 29 atom stereocenters. The zero-order valence-corrected chi connectivity index (χ0v) is 62.1. The van der Waals surface area contributed by atoms with Crippen LogP contribution in [0, 0.1) is 35.5 Å². The number of aliphatic hydroxyl groups is 1. The fourth-order valence-electron chi connectivity index (χ4n) is 17.8. The molecular formula is C78H117NO19Si. The quantitative estimate of drug-likeness (QED) is 0.0704. The maximum atomic E-state index is 14.7. The molecule has 21 heteroatoms. The Bertz CT molecular complexity index is 3010. The van der Waals surface area contributed by atoms with Crippen molar-refractivity contribution in [3.05, 3.63) is 78.9 Å². The summed E-state index contributed by atoms with van der Waals surface area (Å²) in [7, 11) is -0.640. The van der Waals surface area contributed by atoms with Crippen LogP contribution in [-0.2, 0) is 82.2 Å². The highest BCUT2D eigenvalue weighted by molar-refractivity contribution is 6.74. The molecule has 12 aliphatic rings. The van der Waals surface area contributed by atoms with Crippen LogP contribution in [0.2, 0.25) is 18.1 Å². The highest BCUT2D eigenvalue weighted by atomic mass is 28.4. The van der Waals surface area contributed by atoms with E-state index in [0.717, 1.165) is 54.6 Å². The molecule has 13 rings (SSSR count). The van der Waals surface area contributed by atoms with Crippen LogP contribution in [0.4, 0.5) is 4.79 Å². The van der Waals surface area contributed by atoms with Crippen molar-refractivity contribution in [3.63, 3.8) is 0 Å². The van der Waals surface area contributed by atoms with Gasteiger partial charge in [0.05, 0.1) is 118 Å². The van der Waals surface area contributed by atoms with Gasteiger partial charge in [-0.3, -0.25) is 9.59 Å². The predicted octanol–water partition coefficient (Wildman–Crippen LogP) is 12.1. The third-order valence-corrected chi connectivity index (χ3v) is 29.0. The van der Waals surface area contributed by atoms with Gasteiger partial charge in [-0.25, -0.2) is 4.79 Å². The SMILES string of the molecule is C=CCOC(=O)NC[C@H]1O[C@@H]([C@@H](C)CC(=O)C[C@H](C)[C@@H](/C=C/C(O)C[C@H]2O[C@H]3[C@H](C)[C@H]4OC(=O)C[C@H]5CC[C@@H]6O[C@@H]7[C@H]8O[C@@H]9C[C@](CC[C@H]%10CC(=C)[C@H](CC[C@H]%11C[C@@H](C)C(=C)[C@@H](C[C@@H]4O[C@H]3C[C@H]2C)O%11)O%10)(O[C@H]8[C@H]6O5)O[C@H]79)OCc2ccc(OC)cc2)[C@@H](O[Si](C)(C)C(C)(C)C)C[C@H]1C. The maximum Gasteiger partial charge on any atom is 0.407 e. The van der Waals surface area contributed by atoms with Gasteiger partial charge in [-0.2, -0.15) is 0 Å². The van der Waals surface area contributed by atoms with Gasteiger partial charge in [0, 0.05) is 51.0 Å². The number of aliphatic hydroxyl groups excluding tert-OH is 1. The molecule has 1 unspecified atom stereocenters. The molecule has 0 aliphatic carbocycles. The van der Waals surface area contributed by atoms with E-state index in [4.69, 9.17) is 70.7 Å². The van der Waals surface area contributed by atoms with Gasteiger partial charge in [-0.15, -0.1) is 0 Å². The van der Waals surface area contributed by atoms with Crippen molar-refractivity contribution in [1.82, 2.24) is 5.32 Å². The van der Waals surface area contributed by atoms with E-state index in [9.17, 15) is 19.5 Å². The lowest BCUT2D eigenvalue weighted by atomic mass is 9.77. The first-order chi connectivity index (χ1) is 47.1. The number of methoxy groups -OCH3 is 1. The number of amides is 1. The Morgan fingerprint density at radius 2 is 1.44 bits per heavy atom. The summed E-state index contributed by atoms with van der Waals surface area (Å²) < 4.78 is 101. The lowest BCUT2D eigenvalue weighted by Crippen LogP contribution is -2.62. The summed E-state index contributed by atoms with van der Waals surface area (Å²) in [4.78, 5) is 41.7. The molecule has 12 bridgehead atoms. The molecule has 12 aliphatic heterocycles. The van der Waals surface area contributed by atoms with Gasteiger partial charge in [0.2, 0.25) is 0 Å². The van der Waals surface area contributed by atoms with E-state index < -0.39 is 75.1 Å². The Balaban J connectivity index is 0.729. The second-order valence-electron chi connectivity index (χ2n) is 33.1. The van der Waals surface area contributed by atoms with Crippen molar-refractivity contribution in [2.45, 2.75) is 330 Å². The average Bonchev–Trinajstić information content (AvgIpc) is 1.56. The third-order valence-electron chi connectivity index (χ3n) is 24.5. The van der Waals surface area contributed by atoms with Crippen LogP contribution in [0.5, 0.6) is 5.75 Å². The lowest BCUT2D eigenvalue weighted by Gasteiger charge is -2.51. The number of ether oxygens (including phenoxy) is 14. The molecule has 1 aromatic rings. The van der Waals surface area contributed by atoms with E-state index in [0.29, 0.717) is 44.9 Å². The van der Waals surface area contributed by atoms with Crippen LogP contribution in [0.25, 0.3) is 0 Å². The highest BCUT2D eigenvalue weighted by Gasteiger charge is 2.69. The van der Waals surface area contributed by atoms with Gasteiger partial charge >= 0.3 is 12.1 Å². The highest BCUT2D eigenvalue weighted by Crippen LogP contribution is 2.55. The number of alkyl carbamates (subject to hydrolysis) is 1. The van der Waals surface area contributed by atoms with Gasteiger partial charge in [-0.05, 0) is 134 Å². The van der Waals surface area contributed by atoms with Gasteiger partial charge in [0.15, 0.2) is 14.1 Å². The Labute approximate surface area is 589 Å². The van der Waals surface area contributed by atoms with Gasteiger partial charge in [0.25, 0.3) is 0 Å². The molecule has 1 spiro atoms. The van der Waals surface area contributed by atoms with Crippen molar-refractivity contribution in [2.75, 3.05) is 20.3 Å². The van der Waals surface area contributed by atoms with E-state index in [1.165, 1.54) is 6.08 Å². The summed E-state index contributed by atoms with van der Waals surface area (Å²) in [5.41, 5.74) is 3.06. The molecule has 12 fully saturated rings. The van der Waals surface area contributed by atoms with Crippen molar-refractivity contribution >= 4 is 26.2 Å². The summed E-state index contributed by atoms with van der Waals surface area (Å²) in [5.74, 6) is -0.990. The summed E-state index contributed by atoms with van der Waals surface area (Å²) in [6.07, 6.45) is 6.09. The van der Waals surface area contributed by atoms with Crippen molar-refractivity contribution in [2.24, 2.45) is 35.5 Å². The molecule has 12 heterocycles.